The first-order valence-corrected chi connectivity index (χ1v) is 9.12. The molecule has 2 aromatic rings. The number of hydrogen-bond donors (Lipinski definition) is 2. The summed E-state index contributed by atoms with van der Waals surface area (Å²) in [6.07, 6.45) is 0. The summed E-state index contributed by atoms with van der Waals surface area (Å²) in [6, 6.07) is 11.5. The van der Waals surface area contributed by atoms with Crippen LogP contribution in [0.25, 0.3) is 0 Å². The van der Waals surface area contributed by atoms with Gasteiger partial charge in [0.2, 0.25) is 0 Å². The number of benzene rings is 2. The smallest absolute Gasteiger partial charge is 0.175 e. The molecule has 0 bridgehead atoms. The van der Waals surface area contributed by atoms with Gasteiger partial charge >= 0.3 is 0 Å². The van der Waals surface area contributed by atoms with Crippen LogP contribution in [-0.4, -0.2) is 24.4 Å². The van der Waals surface area contributed by atoms with Crippen molar-refractivity contribution in [2.45, 2.75) is 32.5 Å². The normalized spacial score (nSPS) is 11.0. The van der Waals surface area contributed by atoms with Gasteiger partial charge in [0.25, 0.3) is 0 Å². The number of aliphatic hydroxyl groups excluding tert-OH is 1. The van der Waals surface area contributed by atoms with Crippen LogP contribution in [0.3, 0.4) is 0 Å². The summed E-state index contributed by atoms with van der Waals surface area (Å²) >= 11 is 9.73. The molecule has 4 nitrogen and oxygen atoms in total. The molecule has 0 radical (unpaired) electrons. The quantitative estimate of drug-likeness (QED) is 0.578. The van der Waals surface area contributed by atoms with Gasteiger partial charge in [-0.25, -0.2) is 0 Å². The molecule has 0 amide bonds. The molecule has 2 N–H and O–H groups in total. The van der Waals surface area contributed by atoms with E-state index in [1.54, 1.807) is 7.11 Å². The molecule has 7 heteroatoms. The van der Waals surface area contributed by atoms with Crippen molar-refractivity contribution in [1.29, 1.82) is 0 Å². The zero-order valence-corrected chi connectivity index (χ0v) is 18.2. The summed E-state index contributed by atoms with van der Waals surface area (Å²) in [7, 11) is 1.61. The van der Waals surface area contributed by atoms with Gasteiger partial charge in [-0.3, -0.25) is 0 Å². The van der Waals surface area contributed by atoms with Crippen LogP contribution in [0.2, 0.25) is 5.02 Å². The van der Waals surface area contributed by atoms with Crippen molar-refractivity contribution in [2.75, 3.05) is 13.7 Å². The van der Waals surface area contributed by atoms with Crippen molar-refractivity contribution in [3.63, 3.8) is 0 Å². The zero-order chi connectivity index (χ0) is 18.4. The van der Waals surface area contributed by atoms with Crippen molar-refractivity contribution in [3.8, 4) is 11.5 Å². The van der Waals surface area contributed by atoms with Crippen LogP contribution >= 0.6 is 39.9 Å². The third-order valence-corrected chi connectivity index (χ3v) is 4.74. The SMILES string of the molecule is COc1cc(CNC(C)(C)CO)cc(Br)c1OCc1ccccc1Cl.Cl. The second kappa shape index (κ2) is 10.4. The Balaban J connectivity index is 0.00000338. The second-order valence-electron chi connectivity index (χ2n) is 6.38. The Morgan fingerprint density at radius 1 is 1.23 bits per heavy atom. The lowest BCUT2D eigenvalue weighted by molar-refractivity contribution is 0.187. The fourth-order valence-electron chi connectivity index (χ4n) is 2.18. The van der Waals surface area contributed by atoms with Gasteiger partial charge in [-0.15, -0.1) is 12.4 Å². The Morgan fingerprint density at radius 2 is 1.92 bits per heavy atom. The molecule has 0 fully saturated rings. The minimum Gasteiger partial charge on any atom is -0.493 e. The van der Waals surface area contributed by atoms with Gasteiger partial charge in [0.1, 0.15) is 6.61 Å². The molecule has 0 aliphatic rings. The summed E-state index contributed by atoms with van der Waals surface area (Å²) < 4.78 is 12.2. The van der Waals surface area contributed by atoms with Crippen molar-refractivity contribution >= 4 is 39.9 Å². The molecular formula is C19H24BrCl2NO3. The lowest BCUT2D eigenvalue weighted by Crippen LogP contribution is -2.42. The number of methoxy groups -OCH3 is 1. The van der Waals surface area contributed by atoms with Crippen LogP contribution in [0.1, 0.15) is 25.0 Å². The number of aliphatic hydroxyl groups is 1. The topological polar surface area (TPSA) is 50.7 Å². The predicted molar refractivity (Wildman–Crippen MR) is 112 cm³/mol. The van der Waals surface area contributed by atoms with E-state index in [1.807, 2.05) is 50.2 Å². The Bertz CT molecular complexity index is 726. The molecule has 2 rings (SSSR count). The molecule has 0 atom stereocenters. The maximum atomic E-state index is 9.34. The number of rotatable bonds is 8. The summed E-state index contributed by atoms with van der Waals surface area (Å²) in [5, 5.41) is 13.3. The van der Waals surface area contributed by atoms with E-state index in [4.69, 9.17) is 21.1 Å². The number of nitrogens with one attached hydrogen (secondary N) is 1. The average Bonchev–Trinajstić information content (AvgIpc) is 2.60. The molecule has 0 aliphatic carbocycles. The maximum Gasteiger partial charge on any atom is 0.175 e. The summed E-state index contributed by atoms with van der Waals surface area (Å²) in [6.45, 7) is 4.90. The lowest BCUT2D eigenvalue weighted by atomic mass is 10.1. The molecule has 0 aliphatic heterocycles. The van der Waals surface area contributed by atoms with E-state index in [2.05, 4.69) is 21.2 Å². The van der Waals surface area contributed by atoms with E-state index in [0.29, 0.717) is 29.7 Å². The van der Waals surface area contributed by atoms with Crippen molar-refractivity contribution in [3.05, 3.63) is 57.0 Å². The minimum atomic E-state index is -0.348. The fourth-order valence-corrected chi connectivity index (χ4v) is 2.97. The average molecular weight is 465 g/mol. The summed E-state index contributed by atoms with van der Waals surface area (Å²) in [4.78, 5) is 0. The van der Waals surface area contributed by atoms with Crippen LogP contribution in [0.4, 0.5) is 0 Å². The maximum absolute atomic E-state index is 9.34. The van der Waals surface area contributed by atoms with Crippen LogP contribution in [0.15, 0.2) is 40.9 Å². The van der Waals surface area contributed by atoms with Gasteiger partial charge in [0.05, 0.1) is 18.2 Å². The Kier molecular flexibility index (Phi) is 9.21. The summed E-state index contributed by atoms with van der Waals surface area (Å²) in [5.41, 5.74) is 1.59. The number of ether oxygens (including phenoxy) is 2. The predicted octanol–water partition coefficient (Wildman–Crippen LogP) is 4.97. The highest BCUT2D eigenvalue weighted by Gasteiger charge is 2.17. The van der Waals surface area contributed by atoms with Crippen LogP contribution in [0, 0.1) is 0 Å². The molecule has 0 spiro atoms. The van der Waals surface area contributed by atoms with Crippen LogP contribution in [0.5, 0.6) is 11.5 Å². The van der Waals surface area contributed by atoms with E-state index >= 15 is 0 Å². The molecule has 0 saturated heterocycles. The molecule has 0 unspecified atom stereocenters. The Hall–Kier alpha value is -0.980. The van der Waals surface area contributed by atoms with E-state index in [9.17, 15) is 5.11 Å². The van der Waals surface area contributed by atoms with Gasteiger partial charge in [0.15, 0.2) is 11.5 Å². The number of hydrogen-bond acceptors (Lipinski definition) is 4. The van der Waals surface area contributed by atoms with Crippen molar-refractivity contribution in [2.24, 2.45) is 0 Å². The first kappa shape index (κ1) is 23.1. The second-order valence-corrected chi connectivity index (χ2v) is 7.65. The van der Waals surface area contributed by atoms with Crippen LogP contribution in [-0.2, 0) is 13.2 Å². The van der Waals surface area contributed by atoms with Gasteiger partial charge in [-0.2, -0.15) is 0 Å². The lowest BCUT2D eigenvalue weighted by Gasteiger charge is -2.24. The highest BCUT2D eigenvalue weighted by molar-refractivity contribution is 9.10. The molecule has 2 aromatic carbocycles. The zero-order valence-electron chi connectivity index (χ0n) is 15.0. The standard InChI is InChI=1S/C19H23BrClNO3.ClH/c1-19(2,12-23)22-10-13-8-15(20)18(17(9-13)24-3)25-11-14-6-4-5-7-16(14)21;/h4-9,22-23H,10-12H2,1-3H3;1H. The summed E-state index contributed by atoms with van der Waals surface area (Å²) in [5.74, 6) is 1.27. The van der Waals surface area contributed by atoms with Gasteiger partial charge < -0.3 is 19.9 Å². The third-order valence-electron chi connectivity index (χ3n) is 3.79. The van der Waals surface area contributed by atoms with E-state index in [1.165, 1.54) is 0 Å². The highest BCUT2D eigenvalue weighted by Crippen LogP contribution is 2.37. The molecular weight excluding hydrogens is 441 g/mol. The highest BCUT2D eigenvalue weighted by atomic mass is 79.9. The Labute approximate surface area is 174 Å². The molecule has 0 heterocycles. The van der Waals surface area contributed by atoms with Crippen LogP contribution < -0.4 is 14.8 Å². The van der Waals surface area contributed by atoms with Crippen molar-refractivity contribution in [1.82, 2.24) is 5.32 Å². The first-order chi connectivity index (χ1) is 11.9. The minimum absolute atomic E-state index is 0. The third kappa shape index (κ3) is 6.32. The number of halogens is 3. The van der Waals surface area contributed by atoms with E-state index < -0.39 is 0 Å². The molecule has 0 saturated carbocycles. The van der Waals surface area contributed by atoms with Crippen molar-refractivity contribution < 1.29 is 14.6 Å². The molecule has 144 valence electrons. The molecule has 26 heavy (non-hydrogen) atoms. The van der Waals surface area contributed by atoms with Gasteiger partial charge in [0, 0.05) is 22.7 Å². The van der Waals surface area contributed by atoms with E-state index in [0.717, 1.165) is 15.6 Å². The van der Waals surface area contributed by atoms with E-state index in [-0.39, 0.29) is 24.6 Å². The largest absolute Gasteiger partial charge is 0.493 e. The Morgan fingerprint density at radius 3 is 2.54 bits per heavy atom. The van der Waals surface area contributed by atoms with Gasteiger partial charge in [-0.05, 0) is 53.5 Å². The van der Waals surface area contributed by atoms with Gasteiger partial charge in [-0.1, -0.05) is 29.8 Å². The monoisotopic (exact) mass is 463 g/mol. The molecule has 0 aromatic heterocycles. The first-order valence-electron chi connectivity index (χ1n) is 7.95. The fraction of sp³-hybridized carbons (Fsp3) is 0.368.